The summed E-state index contributed by atoms with van der Waals surface area (Å²) in [4.78, 5) is 35.4. The molecule has 3 N–H and O–H groups in total. The standard InChI is InChI=1S/C79H152NO8P/c1-3-5-7-9-11-13-15-17-19-21-23-25-27-29-31-33-35-37-38-40-42-44-46-48-50-52-54-56-58-60-62-64-66-68-70-72-79(82)88-77(76-87-89(83,84)86-74-73-80)75-85-78(81)71-69-67-65-63-61-59-57-55-53-51-49-47-45-43-41-39-36-34-32-30-28-26-24-22-20-18-16-14-12-10-8-6-4-2/h15,17,21-24,77H,3-14,16,18-20,25-76,80H2,1-2H3,(H,83,84)/b17-15-,23-21-,24-22-. The highest BCUT2D eigenvalue weighted by atomic mass is 31.2. The average molecular weight is 1280 g/mol. The number of carbonyl (C=O) groups excluding carboxylic acids is 2. The van der Waals surface area contributed by atoms with Gasteiger partial charge in [0.05, 0.1) is 13.2 Å². The minimum atomic E-state index is -4.39. The summed E-state index contributed by atoms with van der Waals surface area (Å²) >= 11 is 0. The first-order valence-corrected chi connectivity index (χ1v) is 41.0. The second-order valence-corrected chi connectivity index (χ2v) is 28.4. The van der Waals surface area contributed by atoms with Gasteiger partial charge in [0, 0.05) is 19.4 Å². The zero-order valence-corrected chi connectivity index (χ0v) is 60.3. The molecule has 0 aliphatic heterocycles. The van der Waals surface area contributed by atoms with E-state index in [0.29, 0.717) is 6.42 Å². The van der Waals surface area contributed by atoms with Gasteiger partial charge in [-0.2, -0.15) is 0 Å². The molecule has 0 aromatic heterocycles. The number of nitrogens with two attached hydrogens (primary N) is 1. The van der Waals surface area contributed by atoms with Crippen LogP contribution >= 0.6 is 7.82 Å². The first-order valence-electron chi connectivity index (χ1n) is 39.5. The summed E-state index contributed by atoms with van der Waals surface area (Å²) in [5.74, 6) is -0.800. The van der Waals surface area contributed by atoms with E-state index in [-0.39, 0.29) is 38.6 Å². The Kier molecular flexibility index (Phi) is 73.8. The van der Waals surface area contributed by atoms with Crippen LogP contribution in [0.2, 0.25) is 0 Å². The highest BCUT2D eigenvalue weighted by Gasteiger charge is 2.26. The molecule has 0 aliphatic rings. The lowest BCUT2D eigenvalue weighted by atomic mass is 10.0. The molecule has 0 aromatic carbocycles. The normalized spacial score (nSPS) is 13.0. The molecule has 0 bridgehead atoms. The fourth-order valence-corrected chi connectivity index (χ4v) is 12.9. The Balaban J connectivity index is 3.76. The quantitative estimate of drug-likeness (QED) is 0.0264. The fourth-order valence-electron chi connectivity index (χ4n) is 12.1. The van der Waals surface area contributed by atoms with Crippen LogP contribution in [0.5, 0.6) is 0 Å². The van der Waals surface area contributed by atoms with Gasteiger partial charge in [0.1, 0.15) is 6.61 Å². The molecule has 0 aliphatic carbocycles. The van der Waals surface area contributed by atoms with Crippen LogP contribution in [-0.4, -0.2) is 49.3 Å². The van der Waals surface area contributed by atoms with Crippen molar-refractivity contribution in [3.63, 3.8) is 0 Å². The monoisotopic (exact) mass is 1270 g/mol. The smallest absolute Gasteiger partial charge is 0.462 e. The first-order chi connectivity index (χ1) is 43.8. The van der Waals surface area contributed by atoms with Crippen molar-refractivity contribution in [3.8, 4) is 0 Å². The van der Waals surface area contributed by atoms with E-state index in [0.717, 1.165) is 38.5 Å². The lowest BCUT2D eigenvalue weighted by Gasteiger charge is -2.19. The van der Waals surface area contributed by atoms with E-state index in [1.807, 2.05) is 0 Å². The molecule has 2 unspecified atom stereocenters. The summed E-state index contributed by atoms with van der Waals surface area (Å²) in [6.07, 6.45) is 95.7. The summed E-state index contributed by atoms with van der Waals surface area (Å²) in [7, 11) is -4.39. The van der Waals surface area contributed by atoms with Crippen LogP contribution in [0.15, 0.2) is 36.5 Å². The third kappa shape index (κ3) is 75.1. The number of esters is 2. The molecular weight excluding hydrogens is 1120 g/mol. The van der Waals surface area contributed by atoms with Crippen molar-refractivity contribution in [1.29, 1.82) is 0 Å². The van der Waals surface area contributed by atoms with Gasteiger partial charge in [0.25, 0.3) is 0 Å². The van der Waals surface area contributed by atoms with Crippen molar-refractivity contribution in [3.05, 3.63) is 36.5 Å². The van der Waals surface area contributed by atoms with E-state index in [1.165, 1.54) is 353 Å². The van der Waals surface area contributed by atoms with Crippen LogP contribution in [0.1, 0.15) is 425 Å². The maximum absolute atomic E-state index is 12.8. The van der Waals surface area contributed by atoms with Crippen LogP contribution in [-0.2, 0) is 32.7 Å². The van der Waals surface area contributed by atoms with E-state index in [2.05, 4.69) is 50.3 Å². The van der Waals surface area contributed by atoms with Crippen molar-refractivity contribution >= 4 is 19.8 Å². The molecule has 9 nitrogen and oxygen atoms in total. The number of allylic oxidation sites excluding steroid dienone is 6. The Morgan fingerprint density at radius 1 is 0.337 bits per heavy atom. The Hall–Kier alpha value is -1.77. The van der Waals surface area contributed by atoms with Crippen LogP contribution in [0.3, 0.4) is 0 Å². The predicted molar refractivity (Wildman–Crippen MR) is 386 cm³/mol. The zero-order chi connectivity index (χ0) is 64.4. The van der Waals surface area contributed by atoms with Gasteiger partial charge >= 0.3 is 19.8 Å². The first kappa shape index (κ1) is 87.2. The van der Waals surface area contributed by atoms with Crippen LogP contribution in [0, 0.1) is 0 Å². The van der Waals surface area contributed by atoms with E-state index in [9.17, 15) is 19.0 Å². The zero-order valence-electron chi connectivity index (χ0n) is 59.5. The van der Waals surface area contributed by atoms with Crippen molar-refractivity contribution in [2.75, 3.05) is 26.4 Å². The Morgan fingerprint density at radius 2 is 0.584 bits per heavy atom. The van der Waals surface area contributed by atoms with Crippen molar-refractivity contribution in [2.45, 2.75) is 431 Å². The Morgan fingerprint density at radius 3 is 0.865 bits per heavy atom. The molecule has 0 rings (SSSR count). The number of unbranched alkanes of at least 4 members (excludes halogenated alkanes) is 57. The van der Waals surface area contributed by atoms with Gasteiger partial charge in [0.2, 0.25) is 0 Å². The number of ether oxygens (including phenoxy) is 2. The highest BCUT2D eigenvalue weighted by Crippen LogP contribution is 2.43. The summed E-state index contributed by atoms with van der Waals surface area (Å²) in [6.45, 7) is 3.82. The molecule has 0 fully saturated rings. The van der Waals surface area contributed by atoms with Gasteiger partial charge in [0.15, 0.2) is 6.10 Å². The second kappa shape index (κ2) is 75.3. The molecule has 10 heteroatoms. The SMILES string of the molecule is CCCCCCC/C=C\C/C=C\CCCCCCCCCCCCCCCCCCCCCCCCCC(=O)OC(COC(=O)CCCCCCCCCCCCCCCCCCCCCCC/C=C\CCCCCCCCCC)COP(=O)(O)OCCN. The molecule has 0 saturated heterocycles. The number of hydrogen-bond acceptors (Lipinski definition) is 8. The van der Waals surface area contributed by atoms with E-state index in [4.69, 9.17) is 24.3 Å². The number of phosphoric acid groups is 1. The molecule has 0 saturated carbocycles. The van der Waals surface area contributed by atoms with E-state index < -0.39 is 26.5 Å². The van der Waals surface area contributed by atoms with Gasteiger partial charge in [-0.25, -0.2) is 4.57 Å². The molecule has 0 spiro atoms. The Labute approximate surface area is 554 Å². The van der Waals surface area contributed by atoms with Crippen molar-refractivity contribution in [2.24, 2.45) is 5.73 Å². The number of phosphoric ester groups is 1. The van der Waals surface area contributed by atoms with Gasteiger partial charge in [-0.05, 0) is 70.6 Å². The number of hydrogen-bond donors (Lipinski definition) is 2. The summed E-state index contributed by atoms with van der Waals surface area (Å²) in [5, 5.41) is 0. The Bertz CT molecular complexity index is 1550. The molecule has 89 heavy (non-hydrogen) atoms. The molecule has 0 radical (unpaired) electrons. The van der Waals surface area contributed by atoms with Crippen molar-refractivity contribution < 1.29 is 37.6 Å². The molecule has 526 valence electrons. The van der Waals surface area contributed by atoms with Gasteiger partial charge in [-0.1, -0.05) is 378 Å². The number of rotatable bonds is 76. The summed E-state index contributed by atoms with van der Waals surface area (Å²) in [5.41, 5.74) is 5.41. The van der Waals surface area contributed by atoms with Crippen LogP contribution in [0.4, 0.5) is 0 Å². The van der Waals surface area contributed by atoms with Gasteiger partial charge < -0.3 is 20.1 Å². The maximum atomic E-state index is 12.8. The van der Waals surface area contributed by atoms with Gasteiger partial charge in [-0.3, -0.25) is 18.6 Å². The topological polar surface area (TPSA) is 134 Å². The van der Waals surface area contributed by atoms with E-state index >= 15 is 0 Å². The molecule has 0 amide bonds. The third-order valence-electron chi connectivity index (χ3n) is 18.0. The average Bonchev–Trinajstić information content (AvgIpc) is 3.66. The molecule has 2 atom stereocenters. The highest BCUT2D eigenvalue weighted by molar-refractivity contribution is 7.47. The molecule has 0 aromatic rings. The van der Waals surface area contributed by atoms with Crippen LogP contribution in [0.25, 0.3) is 0 Å². The maximum Gasteiger partial charge on any atom is 0.472 e. The molecule has 0 heterocycles. The third-order valence-corrected chi connectivity index (χ3v) is 19.0. The summed E-state index contributed by atoms with van der Waals surface area (Å²) in [6, 6.07) is 0. The minimum Gasteiger partial charge on any atom is -0.462 e. The lowest BCUT2D eigenvalue weighted by molar-refractivity contribution is -0.161. The van der Waals surface area contributed by atoms with E-state index in [1.54, 1.807) is 0 Å². The molecular formula is C79H152NO8P. The largest absolute Gasteiger partial charge is 0.472 e. The second-order valence-electron chi connectivity index (χ2n) is 26.9. The lowest BCUT2D eigenvalue weighted by Crippen LogP contribution is -2.29. The number of carbonyl (C=O) groups is 2. The fraction of sp³-hybridized carbons (Fsp3) is 0.899. The van der Waals surface area contributed by atoms with Gasteiger partial charge in [-0.15, -0.1) is 0 Å². The summed E-state index contributed by atoms with van der Waals surface area (Å²) < 4.78 is 33.3. The predicted octanol–water partition coefficient (Wildman–Crippen LogP) is 26.2. The van der Waals surface area contributed by atoms with Crippen molar-refractivity contribution in [1.82, 2.24) is 0 Å². The minimum absolute atomic E-state index is 0.0567. The van der Waals surface area contributed by atoms with Crippen LogP contribution < -0.4 is 5.73 Å².